The molecule has 0 saturated heterocycles. The summed E-state index contributed by atoms with van der Waals surface area (Å²) in [5.74, 6) is -0.920. The van der Waals surface area contributed by atoms with E-state index in [1.54, 1.807) is 6.07 Å². The number of para-hydroxylation sites is 1. The molecule has 0 aromatic heterocycles. The summed E-state index contributed by atoms with van der Waals surface area (Å²) in [6.07, 6.45) is 0. The zero-order valence-electron chi connectivity index (χ0n) is 10.4. The number of hydrogen-bond acceptors (Lipinski definition) is 2. The van der Waals surface area contributed by atoms with Crippen molar-refractivity contribution in [2.45, 2.75) is 13.8 Å². The van der Waals surface area contributed by atoms with E-state index in [2.05, 4.69) is 5.32 Å². The van der Waals surface area contributed by atoms with Crippen LogP contribution in [0, 0.1) is 13.8 Å². The lowest BCUT2D eigenvalue weighted by Crippen LogP contribution is -2.05. The summed E-state index contributed by atoms with van der Waals surface area (Å²) in [6, 6.07) is 13.0. The summed E-state index contributed by atoms with van der Waals surface area (Å²) in [6.45, 7) is 3.89. The van der Waals surface area contributed by atoms with Crippen LogP contribution in [0.4, 0.5) is 11.4 Å². The van der Waals surface area contributed by atoms with Crippen molar-refractivity contribution in [2.75, 3.05) is 5.32 Å². The lowest BCUT2D eigenvalue weighted by Gasteiger charge is -2.14. The topological polar surface area (TPSA) is 49.3 Å². The molecule has 0 saturated carbocycles. The molecule has 0 unspecified atom stereocenters. The molecule has 2 N–H and O–H groups in total. The van der Waals surface area contributed by atoms with Crippen molar-refractivity contribution in [3.8, 4) is 0 Å². The third-order valence-corrected chi connectivity index (χ3v) is 3.01. The summed E-state index contributed by atoms with van der Waals surface area (Å²) in [4.78, 5) is 11.2. The Labute approximate surface area is 106 Å². The van der Waals surface area contributed by atoms with Gasteiger partial charge in [0.25, 0.3) is 0 Å². The van der Waals surface area contributed by atoms with Gasteiger partial charge in [0.1, 0.15) is 0 Å². The van der Waals surface area contributed by atoms with E-state index in [4.69, 9.17) is 0 Å². The number of rotatable bonds is 3. The van der Waals surface area contributed by atoms with Gasteiger partial charge in [-0.1, -0.05) is 24.3 Å². The van der Waals surface area contributed by atoms with Gasteiger partial charge in [0.2, 0.25) is 0 Å². The van der Waals surface area contributed by atoms with E-state index in [1.165, 1.54) is 0 Å². The van der Waals surface area contributed by atoms with Crippen LogP contribution in [-0.4, -0.2) is 11.1 Å². The van der Waals surface area contributed by atoms with Crippen molar-refractivity contribution in [2.24, 2.45) is 0 Å². The molecular formula is C15H15NO2. The Kier molecular flexibility index (Phi) is 3.33. The highest BCUT2D eigenvalue weighted by Gasteiger charge is 2.13. The van der Waals surface area contributed by atoms with Gasteiger partial charge in [0.15, 0.2) is 0 Å². The highest BCUT2D eigenvalue weighted by atomic mass is 16.4. The first-order valence-electron chi connectivity index (χ1n) is 5.75. The van der Waals surface area contributed by atoms with Crippen molar-refractivity contribution < 1.29 is 9.90 Å². The van der Waals surface area contributed by atoms with Gasteiger partial charge in [-0.2, -0.15) is 0 Å². The summed E-state index contributed by atoms with van der Waals surface area (Å²) in [5.41, 5.74) is 3.86. The molecule has 0 atom stereocenters. The molecule has 0 aliphatic heterocycles. The number of hydrogen-bond donors (Lipinski definition) is 2. The number of benzene rings is 2. The number of carboxylic acids is 1. The fraction of sp³-hybridized carbons (Fsp3) is 0.133. The molecule has 3 nitrogen and oxygen atoms in total. The lowest BCUT2D eigenvalue weighted by molar-refractivity contribution is 0.0698. The molecule has 3 heteroatoms. The average Bonchev–Trinajstić information content (AvgIpc) is 2.36. The van der Waals surface area contributed by atoms with Gasteiger partial charge in [-0.3, -0.25) is 0 Å². The molecule has 92 valence electrons. The first-order chi connectivity index (χ1) is 8.59. The molecule has 0 heterocycles. The number of nitrogens with one attached hydrogen (secondary N) is 1. The summed E-state index contributed by atoms with van der Waals surface area (Å²) in [5, 5.41) is 12.4. The Morgan fingerprint density at radius 1 is 1.06 bits per heavy atom. The number of aromatic carboxylic acids is 1. The minimum atomic E-state index is -0.920. The monoisotopic (exact) mass is 241 g/mol. The number of carbonyl (C=O) groups is 1. The maximum absolute atomic E-state index is 11.2. The van der Waals surface area contributed by atoms with Crippen molar-refractivity contribution >= 4 is 17.3 Å². The largest absolute Gasteiger partial charge is 0.478 e. The molecule has 0 aliphatic rings. The van der Waals surface area contributed by atoms with Crippen molar-refractivity contribution in [1.82, 2.24) is 0 Å². The minimum absolute atomic E-state index is 0.293. The molecule has 2 rings (SSSR count). The SMILES string of the molecule is Cc1ccc(C(=O)O)c(Nc2ccccc2)c1C. The molecule has 0 spiro atoms. The molecule has 0 amide bonds. The van der Waals surface area contributed by atoms with E-state index in [0.717, 1.165) is 16.8 Å². The fourth-order valence-corrected chi connectivity index (χ4v) is 1.82. The first-order valence-corrected chi connectivity index (χ1v) is 5.75. The average molecular weight is 241 g/mol. The zero-order chi connectivity index (χ0) is 13.1. The van der Waals surface area contributed by atoms with E-state index >= 15 is 0 Å². The van der Waals surface area contributed by atoms with Crippen LogP contribution in [0.1, 0.15) is 21.5 Å². The molecule has 0 aliphatic carbocycles. The van der Waals surface area contributed by atoms with Crippen LogP contribution in [0.3, 0.4) is 0 Å². The molecule has 2 aromatic carbocycles. The third kappa shape index (κ3) is 2.35. The smallest absolute Gasteiger partial charge is 0.337 e. The maximum Gasteiger partial charge on any atom is 0.337 e. The van der Waals surface area contributed by atoms with Crippen LogP contribution in [-0.2, 0) is 0 Å². The quantitative estimate of drug-likeness (QED) is 0.860. The third-order valence-electron chi connectivity index (χ3n) is 3.01. The van der Waals surface area contributed by atoms with E-state index in [-0.39, 0.29) is 0 Å². The summed E-state index contributed by atoms with van der Waals surface area (Å²) < 4.78 is 0. The van der Waals surface area contributed by atoms with Gasteiger partial charge in [-0.25, -0.2) is 4.79 Å². The fourth-order valence-electron chi connectivity index (χ4n) is 1.82. The van der Waals surface area contributed by atoms with Gasteiger partial charge in [0.05, 0.1) is 11.3 Å². The Balaban J connectivity index is 2.48. The minimum Gasteiger partial charge on any atom is -0.478 e. The van der Waals surface area contributed by atoms with E-state index in [1.807, 2.05) is 50.2 Å². The molecule has 18 heavy (non-hydrogen) atoms. The second kappa shape index (κ2) is 4.92. The van der Waals surface area contributed by atoms with Crippen LogP contribution in [0.2, 0.25) is 0 Å². The molecule has 0 radical (unpaired) electrons. The highest BCUT2D eigenvalue weighted by Crippen LogP contribution is 2.27. The van der Waals surface area contributed by atoms with Gasteiger partial charge in [-0.15, -0.1) is 0 Å². The number of carboxylic acid groups (broad SMARTS) is 1. The summed E-state index contributed by atoms with van der Waals surface area (Å²) >= 11 is 0. The van der Waals surface area contributed by atoms with Gasteiger partial charge >= 0.3 is 5.97 Å². The molecule has 2 aromatic rings. The van der Waals surface area contributed by atoms with E-state index < -0.39 is 5.97 Å². The second-order valence-corrected chi connectivity index (χ2v) is 4.23. The standard InChI is InChI=1S/C15H15NO2/c1-10-8-9-13(15(17)18)14(11(10)2)16-12-6-4-3-5-7-12/h3-9,16H,1-2H3,(H,17,18). The molecule has 0 bridgehead atoms. The van der Waals surface area contributed by atoms with Crippen LogP contribution in [0.5, 0.6) is 0 Å². The summed E-state index contributed by atoms with van der Waals surface area (Å²) in [7, 11) is 0. The number of aryl methyl sites for hydroxylation is 1. The molecule has 0 fully saturated rings. The van der Waals surface area contributed by atoms with E-state index in [9.17, 15) is 9.90 Å². The van der Waals surface area contributed by atoms with Crippen LogP contribution >= 0.6 is 0 Å². The Morgan fingerprint density at radius 3 is 2.33 bits per heavy atom. The Bertz CT molecular complexity index is 577. The van der Waals surface area contributed by atoms with E-state index in [0.29, 0.717) is 11.3 Å². The van der Waals surface area contributed by atoms with Crippen LogP contribution < -0.4 is 5.32 Å². The lowest BCUT2D eigenvalue weighted by atomic mass is 10.0. The second-order valence-electron chi connectivity index (χ2n) is 4.23. The normalized spacial score (nSPS) is 10.1. The Morgan fingerprint density at radius 2 is 1.72 bits per heavy atom. The zero-order valence-corrected chi connectivity index (χ0v) is 10.4. The predicted octanol–water partition coefficient (Wildman–Crippen LogP) is 3.75. The number of anilines is 2. The van der Waals surface area contributed by atoms with Crippen molar-refractivity contribution in [3.05, 3.63) is 59.2 Å². The van der Waals surface area contributed by atoms with Gasteiger partial charge in [0, 0.05) is 5.69 Å². The van der Waals surface area contributed by atoms with Gasteiger partial charge in [-0.05, 0) is 43.2 Å². The first kappa shape index (κ1) is 12.2. The maximum atomic E-state index is 11.2. The highest BCUT2D eigenvalue weighted by molar-refractivity contribution is 5.96. The van der Waals surface area contributed by atoms with Crippen LogP contribution in [0.15, 0.2) is 42.5 Å². The predicted molar refractivity (Wildman–Crippen MR) is 72.6 cm³/mol. The van der Waals surface area contributed by atoms with Crippen molar-refractivity contribution in [1.29, 1.82) is 0 Å². The van der Waals surface area contributed by atoms with Crippen molar-refractivity contribution in [3.63, 3.8) is 0 Å². The molecular weight excluding hydrogens is 226 g/mol. The Hall–Kier alpha value is -2.29. The van der Waals surface area contributed by atoms with Crippen LogP contribution in [0.25, 0.3) is 0 Å². The van der Waals surface area contributed by atoms with Gasteiger partial charge < -0.3 is 10.4 Å².